The number of halogens is 1. The van der Waals surface area contributed by atoms with E-state index in [0.717, 1.165) is 35.1 Å². The van der Waals surface area contributed by atoms with Crippen molar-refractivity contribution >= 4 is 29.4 Å². The molecule has 2 amide bonds. The fourth-order valence-electron chi connectivity index (χ4n) is 5.88. The Morgan fingerprint density at radius 1 is 1.00 bits per heavy atom. The van der Waals surface area contributed by atoms with Gasteiger partial charge in [0, 0.05) is 54.9 Å². The number of anilines is 1. The van der Waals surface area contributed by atoms with Crippen molar-refractivity contribution in [3.8, 4) is 22.6 Å². The first-order valence-electron chi connectivity index (χ1n) is 15.4. The van der Waals surface area contributed by atoms with E-state index in [1.807, 2.05) is 55.7 Å². The van der Waals surface area contributed by atoms with Crippen molar-refractivity contribution in [3.63, 3.8) is 0 Å². The summed E-state index contributed by atoms with van der Waals surface area (Å²) in [4.78, 5) is 46.0. The second-order valence-corrected chi connectivity index (χ2v) is 12.4. The number of benzene rings is 2. The third-order valence-electron chi connectivity index (χ3n) is 8.66. The molecule has 1 saturated carbocycles. The topological polar surface area (TPSA) is 122 Å². The van der Waals surface area contributed by atoms with E-state index in [0.29, 0.717) is 53.7 Å². The zero-order valence-corrected chi connectivity index (χ0v) is 25.8. The van der Waals surface area contributed by atoms with Crippen LogP contribution in [-0.4, -0.2) is 62.5 Å². The largest absolute Gasteiger partial charge is 0.381 e. The van der Waals surface area contributed by atoms with E-state index >= 15 is 0 Å². The van der Waals surface area contributed by atoms with Crippen LogP contribution in [0.2, 0.25) is 5.02 Å². The van der Waals surface area contributed by atoms with Gasteiger partial charge in [-0.1, -0.05) is 48.0 Å². The van der Waals surface area contributed by atoms with Crippen molar-refractivity contribution in [2.75, 3.05) is 25.1 Å². The monoisotopic (exact) mass is 623 g/mol. The van der Waals surface area contributed by atoms with Crippen molar-refractivity contribution in [2.45, 2.75) is 57.2 Å². The summed E-state index contributed by atoms with van der Waals surface area (Å²) < 4.78 is 5.43. The van der Waals surface area contributed by atoms with Crippen molar-refractivity contribution in [2.24, 2.45) is 0 Å². The van der Waals surface area contributed by atoms with Crippen LogP contribution in [0.25, 0.3) is 22.6 Å². The zero-order chi connectivity index (χ0) is 30.9. The molecule has 1 saturated heterocycles. The number of ether oxygens (including phenoxy) is 1. The standard InChI is InChI=1S/C34H34ClN7O3/c1-20(21-2-6-23(7-3-21)32-36-15-26(16-37-32)22-4-5-22)39-30(43)19-42-18-25-9-8-24(14-28(25)33(42)44)31-29(35)17-38-34(41-31)40-27-10-12-45-13-11-27/h2-3,6-9,14-17,20,22,27H,4-5,10-13,18-19H2,1H3,(H,39,43)(H,38,40,41)/t20-/m1/s1. The maximum Gasteiger partial charge on any atom is 0.254 e. The van der Waals surface area contributed by atoms with Crippen molar-refractivity contribution in [1.82, 2.24) is 30.2 Å². The summed E-state index contributed by atoms with van der Waals surface area (Å²) in [7, 11) is 0. The molecule has 2 fully saturated rings. The first kappa shape index (κ1) is 29.3. The van der Waals surface area contributed by atoms with Gasteiger partial charge < -0.3 is 20.3 Å². The van der Waals surface area contributed by atoms with Gasteiger partial charge >= 0.3 is 0 Å². The molecule has 0 radical (unpaired) electrons. The molecule has 0 spiro atoms. The van der Waals surface area contributed by atoms with Crippen molar-refractivity contribution in [1.29, 1.82) is 0 Å². The number of nitrogens with one attached hydrogen (secondary N) is 2. The summed E-state index contributed by atoms with van der Waals surface area (Å²) in [5, 5.41) is 6.79. The Morgan fingerprint density at radius 2 is 1.73 bits per heavy atom. The third-order valence-corrected chi connectivity index (χ3v) is 8.94. The van der Waals surface area contributed by atoms with E-state index in [9.17, 15) is 9.59 Å². The molecule has 4 heterocycles. The molecule has 0 bridgehead atoms. The highest BCUT2D eigenvalue weighted by Gasteiger charge is 2.30. The van der Waals surface area contributed by atoms with Crippen LogP contribution < -0.4 is 10.6 Å². The minimum Gasteiger partial charge on any atom is -0.381 e. The van der Waals surface area contributed by atoms with Gasteiger partial charge in [0.2, 0.25) is 11.9 Å². The average molecular weight is 624 g/mol. The molecule has 3 aliphatic rings. The predicted octanol–water partition coefficient (Wildman–Crippen LogP) is 5.56. The van der Waals surface area contributed by atoms with Gasteiger partial charge in [-0.25, -0.2) is 19.9 Å². The van der Waals surface area contributed by atoms with Gasteiger partial charge in [-0.3, -0.25) is 9.59 Å². The molecule has 10 nitrogen and oxygen atoms in total. The zero-order valence-electron chi connectivity index (χ0n) is 25.0. The Bertz CT molecular complexity index is 1720. The third kappa shape index (κ3) is 6.53. The molecule has 45 heavy (non-hydrogen) atoms. The summed E-state index contributed by atoms with van der Waals surface area (Å²) in [6, 6.07) is 13.5. The summed E-state index contributed by atoms with van der Waals surface area (Å²) >= 11 is 6.49. The lowest BCUT2D eigenvalue weighted by molar-refractivity contribution is -0.122. The number of carbonyl (C=O) groups is 2. The smallest absolute Gasteiger partial charge is 0.254 e. The van der Waals surface area contributed by atoms with Crippen LogP contribution >= 0.6 is 11.6 Å². The molecule has 0 unspecified atom stereocenters. The van der Waals surface area contributed by atoms with Crippen LogP contribution in [0.1, 0.15) is 71.6 Å². The minimum atomic E-state index is -0.236. The van der Waals surface area contributed by atoms with Crippen molar-refractivity contribution in [3.05, 3.63) is 88.3 Å². The van der Waals surface area contributed by atoms with Crippen LogP contribution in [0.15, 0.2) is 61.1 Å². The Labute approximate surface area is 266 Å². The SMILES string of the molecule is C[C@@H](NC(=O)CN1Cc2ccc(-c3nc(NC4CCOCC4)ncc3Cl)cc2C1=O)c1ccc(-c2ncc(C3CC3)cn2)cc1. The molecule has 1 aliphatic carbocycles. The molecule has 2 N–H and O–H groups in total. The number of aromatic nitrogens is 4. The number of amides is 2. The van der Waals surface area contributed by atoms with E-state index in [4.69, 9.17) is 16.3 Å². The van der Waals surface area contributed by atoms with Crippen molar-refractivity contribution < 1.29 is 14.3 Å². The second-order valence-electron chi connectivity index (χ2n) is 12.0. The van der Waals surface area contributed by atoms with Gasteiger partial charge in [0.1, 0.15) is 6.54 Å². The first-order chi connectivity index (χ1) is 21.9. The molecule has 2 aromatic carbocycles. The quantitative estimate of drug-likeness (QED) is 0.249. The first-order valence-corrected chi connectivity index (χ1v) is 15.8. The lowest BCUT2D eigenvalue weighted by Crippen LogP contribution is -2.38. The molecule has 1 atom stereocenters. The van der Waals surface area contributed by atoms with Crippen LogP contribution in [0.4, 0.5) is 5.95 Å². The number of rotatable bonds is 9. The van der Waals surface area contributed by atoms with E-state index in [1.54, 1.807) is 17.2 Å². The van der Waals surface area contributed by atoms with Crippen LogP contribution in [0.5, 0.6) is 0 Å². The lowest BCUT2D eigenvalue weighted by atomic mass is 10.0. The van der Waals surface area contributed by atoms with E-state index in [-0.39, 0.29) is 30.4 Å². The number of nitrogens with zero attached hydrogens (tertiary/aromatic N) is 5. The second kappa shape index (κ2) is 12.5. The van der Waals surface area contributed by atoms with Gasteiger partial charge in [0.15, 0.2) is 5.82 Å². The lowest BCUT2D eigenvalue weighted by Gasteiger charge is -2.23. The van der Waals surface area contributed by atoms with Crippen LogP contribution in [-0.2, 0) is 16.1 Å². The van der Waals surface area contributed by atoms with Gasteiger partial charge in [-0.05, 0) is 61.3 Å². The average Bonchev–Trinajstić information content (AvgIpc) is 3.87. The van der Waals surface area contributed by atoms with E-state index in [2.05, 4.69) is 30.6 Å². The number of carbonyl (C=O) groups excluding carboxylic acids is 2. The van der Waals surface area contributed by atoms with Crippen LogP contribution in [0.3, 0.4) is 0 Å². The molecule has 4 aromatic rings. The predicted molar refractivity (Wildman–Crippen MR) is 171 cm³/mol. The summed E-state index contributed by atoms with van der Waals surface area (Å²) in [5.74, 6) is 1.38. The number of hydrogen-bond acceptors (Lipinski definition) is 8. The molecular weight excluding hydrogens is 590 g/mol. The molecule has 7 rings (SSSR count). The number of hydrogen-bond donors (Lipinski definition) is 2. The fourth-order valence-corrected chi connectivity index (χ4v) is 6.08. The van der Waals surface area contributed by atoms with E-state index < -0.39 is 0 Å². The Hall–Kier alpha value is -4.41. The molecule has 2 aromatic heterocycles. The highest BCUT2D eigenvalue weighted by molar-refractivity contribution is 6.33. The molecule has 2 aliphatic heterocycles. The highest BCUT2D eigenvalue weighted by atomic mass is 35.5. The summed E-state index contributed by atoms with van der Waals surface area (Å²) in [6.07, 6.45) is 9.62. The Balaban J connectivity index is 0.971. The maximum atomic E-state index is 13.4. The molecular formula is C34H34ClN7O3. The molecule has 11 heteroatoms. The van der Waals surface area contributed by atoms with Crippen LogP contribution in [0, 0.1) is 0 Å². The number of fused-ring (bicyclic) bond motifs is 1. The summed E-state index contributed by atoms with van der Waals surface area (Å²) in [5.41, 5.74) is 5.76. The normalized spacial score (nSPS) is 17.2. The minimum absolute atomic E-state index is 0.0418. The van der Waals surface area contributed by atoms with Gasteiger partial charge in [-0.15, -0.1) is 0 Å². The van der Waals surface area contributed by atoms with Gasteiger partial charge in [0.05, 0.1) is 23.0 Å². The Kier molecular flexibility index (Phi) is 8.16. The Morgan fingerprint density at radius 3 is 2.47 bits per heavy atom. The molecule has 230 valence electrons. The maximum absolute atomic E-state index is 13.4. The van der Waals surface area contributed by atoms with E-state index in [1.165, 1.54) is 18.4 Å². The fraction of sp³-hybridized carbons (Fsp3) is 0.353. The highest BCUT2D eigenvalue weighted by Crippen LogP contribution is 2.39. The van der Waals surface area contributed by atoms with Gasteiger partial charge in [0.25, 0.3) is 5.91 Å². The summed E-state index contributed by atoms with van der Waals surface area (Å²) in [6.45, 7) is 3.66. The van der Waals surface area contributed by atoms with Gasteiger partial charge in [-0.2, -0.15) is 0 Å².